The van der Waals surface area contributed by atoms with Gasteiger partial charge in [-0.3, -0.25) is 0 Å². The van der Waals surface area contributed by atoms with E-state index in [4.69, 9.17) is 9.26 Å². The number of rotatable bonds is 7. The monoisotopic (exact) mass is 363 g/mol. The molecule has 2 heterocycles. The van der Waals surface area contributed by atoms with Crippen LogP contribution in [0.2, 0.25) is 0 Å². The smallest absolute Gasteiger partial charge is 0.237 e. The molecule has 0 atom stereocenters. The third-order valence-electron chi connectivity index (χ3n) is 2.93. The molecule has 0 bridgehead atoms. The normalized spacial score (nSPS) is 11.0. The molecule has 24 heavy (non-hydrogen) atoms. The van der Waals surface area contributed by atoms with Gasteiger partial charge in [0, 0.05) is 11.6 Å². The molecule has 7 nitrogen and oxygen atoms in total. The van der Waals surface area contributed by atoms with Crippen LogP contribution in [-0.4, -0.2) is 33.5 Å². The fraction of sp³-hybridized carbons (Fsp3) is 0.333. The van der Waals surface area contributed by atoms with Gasteiger partial charge in [-0.15, -0.1) is 10.2 Å². The molecule has 0 aliphatic rings. The van der Waals surface area contributed by atoms with Crippen molar-refractivity contribution < 1.29 is 9.26 Å². The van der Waals surface area contributed by atoms with E-state index in [9.17, 15) is 0 Å². The molecule has 126 valence electrons. The predicted octanol–water partition coefficient (Wildman–Crippen LogP) is 3.71. The minimum atomic E-state index is 0.331. The SMILES string of the molecule is COc1cccc(-c2noc(CSc3nnc(NC(C)C)s3)n2)c1. The first-order valence-electron chi connectivity index (χ1n) is 7.34. The van der Waals surface area contributed by atoms with Gasteiger partial charge in [0.25, 0.3) is 0 Å². The van der Waals surface area contributed by atoms with Gasteiger partial charge in [0.1, 0.15) is 5.75 Å². The van der Waals surface area contributed by atoms with Crippen LogP contribution in [0.1, 0.15) is 19.7 Å². The van der Waals surface area contributed by atoms with Crippen LogP contribution < -0.4 is 10.1 Å². The molecule has 0 saturated carbocycles. The predicted molar refractivity (Wildman–Crippen MR) is 94.5 cm³/mol. The lowest BCUT2D eigenvalue weighted by Crippen LogP contribution is -2.08. The third-order valence-corrected chi connectivity index (χ3v) is 4.91. The van der Waals surface area contributed by atoms with Crippen molar-refractivity contribution >= 4 is 28.2 Å². The van der Waals surface area contributed by atoms with Crippen LogP contribution >= 0.6 is 23.1 Å². The summed E-state index contributed by atoms with van der Waals surface area (Å²) in [6, 6.07) is 7.88. The molecule has 2 aromatic heterocycles. The van der Waals surface area contributed by atoms with Crippen LogP contribution in [0.5, 0.6) is 5.75 Å². The molecule has 0 amide bonds. The maximum Gasteiger partial charge on any atom is 0.237 e. The number of nitrogens with one attached hydrogen (secondary N) is 1. The van der Waals surface area contributed by atoms with Crippen molar-refractivity contribution in [1.82, 2.24) is 20.3 Å². The van der Waals surface area contributed by atoms with Crippen molar-refractivity contribution in [1.29, 1.82) is 0 Å². The largest absolute Gasteiger partial charge is 0.497 e. The Morgan fingerprint density at radius 2 is 2.21 bits per heavy atom. The van der Waals surface area contributed by atoms with Crippen LogP contribution in [0.3, 0.4) is 0 Å². The van der Waals surface area contributed by atoms with E-state index in [0.29, 0.717) is 23.5 Å². The number of aromatic nitrogens is 4. The maximum absolute atomic E-state index is 5.30. The minimum Gasteiger partial charge on any atom is -0.497 e. The zero-order chi connectivity index (χ0) is 16.9. The summed E-state index contributed by atoms with van der Waals surface area (Å²) in [7, 11) is 1.63. The summed E-state index contributed by atoms with van der Waals surface area (Å²) in [5, 5.41) is 16.3. The Labute approximate surface area is 147 Å². The van der Waals surface area contributed by atoms with E-state index in [1.165, 1.54) is 23.1 Å². The second-order valence-corrected chi connectivity index (χ2v) is 7.40. The Balaban J connectivity index is 1.62. The van der Waals surface area contributed by atoms with E-state index in [1.54, 1.807) is 7.11 Å². The molecule has 0 aliphatic carbocycles. The number of nitrogens with zero attached hydrogens (tertiary/aromatic N) is 4. The summed E-state index contributed by atoms with van der Waals surface area (Å²) in [5.41, 5.74) is 0.855. The summed E-state index contributed by atoms with van der Waals surface area (Å²) < 4.78 is 11.4. The first-order chi connectivity index (χ1) is 11.6. The van der Waals surface area contributed by atoms with Crippen molar-refractivity contribution in [2.75, 3.05) is 12.4 Å². The van der Waals surface area contributed by atoms with Gasteiger partial charge in [-0.1, -0.05) is 40.4 Å². The number of benzene rings is 1. The van der Waals surface area contributed by atoms with E-state index in [2.05, 4.69) is 39.5 Å². The number of methoxy groups -OCH3 is 1. The second kappa shape index (κ2) is 7.63. The highest BCUT2D eigenvalue weighted by Crippen LogP contribution is 2.29. The molecular formula is C15H17N5O2S2. The number of ether oxygens (including phenoxy) is 1. The first-order valence-corrected chi connectivity index (χ1v) is 9.14. The first kappa shape index (κ1) is 16.7. The molecule has 0 unspecified atom stereocenters. The van der Waals surface area contributed by atoms with Gasteiger partial charge in [-0.05, 0) is 26.0 Å². The standard InChI is InChI=1S/C15H17N5O2S2/c1-9(2)16-14-18-19-15(24-14)23-8-12-17-13(20-22-12)10-5-4-6-11(7-10)21-3/h4-7,9H,8H2,1-3H3,(H,16,18). The van der Waals surface area contributed by atoms with Crippen molar-refractivity contribution in [2.45, 2.75) is 30.0 Å². The molecule has 3 aromatic rings. The maximum atomic E-state index is 5.30. The molecule has 3 rings (SSSR count). The van der Waals surface area contributed by atoms with Crippen LogP contribution in [0.4, 0.5) is 5.13 Å². The van der Waals surface area contributed by atoms with Gasteiger partial charge >= 0.3 is 0 Å². The summed E-state index contributed by atoms with van der Waals surface area (Å²) >= 11 is 3.03. The van der Waals surface area contributed by atoms with Crippen LogP contribution in [0.15, 0.2) is 33.1 Å². The van der Waals surface area contributed by atoms with E-state index in [-0.39, 0.29) is 0 Å². The Kier molecular flexibility index (Phi) is 5.31. The van der Waals surface area contributed by atoms with Crippen LogP contribution in [0.25, 0.3) is 11.4 Å². The molecule has 1 aromatic carbocycles. The highest BCUT2D eigenvalue weighted by molar-refractivity contribution is 8.00. The highest BCUT2D eigenvalue weighted by Gasteiger charge is 2.12. The minimum absolute atomic E-state index is 0.331. The molecule has 0 radical (unpaired) electrons. The average molecular weight is 363 g/mol. The summed E-state index contributed by atoms with van der Waals surface area (Å²) in [4.78, 5) is 4.41. The second-order valence-electron chi connectivity index (χ2n) is 5.20. The Bertz CT molecular complexity index is 803. The number of thioether (sulfide) groups is 1. The topological polar surface area (TPSA) is 86.0 Å². The Hall–Kier alpha value is -2.13. The van der Waals surface area contributed by atoms with E-state index < -0.39 is 0 Å². The zero-order valence-electron chi connectivity index (χ0n) is 13.5. The Morgan fingerprint density at radius 3 is 3.00 bits per heavy atom. The van der Waals surface area contributed by atoms with Gasteiger partial charge in [0.05, 0.1) is 12.9 Å². The van der Waals surface area contributed by atoms with E-state index >= 15 is 0 Å². The molecular weight excluding hydrogens is 346 g/mol. The molecule has 0 saturated heterocycles. The lowest BCUT2D eigenvalue weighted by molar-refractivity contribution is 0.391. The fourth-order valence-electron chi connectivity index (χ4n) is 1.89. The fourth-order valence-corrected chi connectivity index (χ4v) is 3.63. The quantitative estimate of drug-likeness (QED) is 0.636. The zero-order valence-corrected chi connectivity index (χ0v) is 15.1. The molecule has 1 N–H and O–H groups in total. The lowest BCUT2D eigenvalue weighted by Gasteiger charge is -2.02. The third kappa shape index (κ3) is 4.24. The summed E-state index contributed by atoms with van der Waals surface area (Å²) in [6.45, 7) is 4.12. The molecule has 0 fully saturated rings. The lowest BCUT2D eigenvalue weighted by atomic mass is 10.2. The van der Waals surface area contributed by atoms with E-state index in [0.717, 1.165) is 20.8 Å². The van der Waals surface area contributed by atoms with Gasteiger partial charge < -0.3 is 14.6 Å². The van der Waals surface area contributed by atoms with E-state index in [1.807, 2.05) is 24.3 Å². The van der Waals surface area contributed by atoms with Crippen molar-refractivity contribution in [3.63, 3.8) is 0 Å². The summed E-state index contributed by atoms with van der Waals surface area (Å²) in [6.07, 6.45) is 0. The van der Waals surface area contributed by atoms with Gasteiger partial charge in [-0.25, -0.2) is 0 Å². The van der Waals surface area contributed by atoms with Crippen LogP contribution in [-0.2, 0) is 5.75 Å². The number of hydrogen-bond donors (Lipinski definition) is 1. The highest BCUT2D eigenvalue weighted by atomic mass is 32.2. The molecule has 9 heteroatoms. The van der Waals surface area contributed by atoms with Crippen molar-refractivity contribution in [2.24, 2.45) is 0 Å². The van der Waals surface area contributed by atoms with Gasteiger partial charge in [-0.2, -0.15) is 4.98 Å². The van der Waals surface area contributed by atoms with Crippen LogP contribution in [0, 0.1) is 0 Å². The van der Waals surface area contributed by atoms with Crippen molar-refractivity contribution in [3.8, 4) is 17.1 Å². The van der Waals surface area contributed by atoms with Crippen molar-refractivity contribution in [3.05, 3.63) is 30.2 Å². The van der Waals surface area contributed by atoms with Gasteiger partial charge in [0.2, 0.25) is 16.8 Å². The molecule has 0 spiro atoms. The average Bonchev–Trinajstić information content (AvgIpc) is 3.22. The number of hydrogen-bond acceptors (Lipinski definition) is 9. The summed E-state index contributed by atoms with van der Waals surface area (Å²) in [5.74, 6) is 2.40. The Morgan fingerprint density at radius 1 is 1.33 bits per heavy atom. The van der Waals surface area contributed by atoms with Gasteiger partial charge in [0.15, 0.2) is 4.34 Å². The molecule has 0 aliphatic heterocycles. The number of anilines is 1.